The van der Waals surface area contributed by atoms with E-state index in [9.17, 15) is 26.7 Å². The lowest BCUT2D eigenvalue weighted by atomic mass is 10.2. The highest BCUT2D eigenvalue weighted by molar-refractivity contribution is 6.88. The van der Waals surface area contributed by atoms with Gasteiger partial charge in [0.05, 0.1) is 0 Å². The van der Waals surface area contributed by atoms with Gasteiger partial charge in [0.2, 0.25) is 0 Å². The van der Waals surface area contributed by atoms with Gasteiger partial charge in [-0.3, -0.25) is 0 Å². The van der Waals surface area contributed by atoms with E-state index in [1.54, 1.807) is 52.4 Å². The fourth-order valence-corrected chi connectivity index (χ4v) is 19.8. The molecule has 0 aromatic rings. The molecule has 0 heterocycles. The van der Waals surface area contributed by atoms with Crippen molar-refractivity contribution in [1.29, 1.82) is 0 Å². The van der Waals surface area contributed by atoms with Gasteiger partial charge in [0, 0.05) is 6.42 Å². The highest BCUT2D eigenvalue weighted by Crippen LogP contribution is 2.40. The van der Waals surface area contributed by atoms with Gasteiger partial charge >= 0.3 is 37.8 Å². The molecule has 0 aliphatic carbocycles. The number of halogens is 5. The maximum atomic E-state index is 13.1. The van der Waals surface area contributed by atoms with Crippen LogP contribution in [-0.2, 0) is 12.3 Å². The Morgan fingerprint density at radius 2 is 1.12 bits per heavy atom. The Morgan fingerprint density at radius 1 is 0.720 bits per heavy atom. The normalized spacial score (nSPS) is 15.6. The first-order valence-electron chi connectivity index (χ1n) is 7.85. The van der Waals surface area contributed by atoms with Gasteiger partial charge in [-0.2, -0.15) is 22.0 Å². The first-order valence-corrected chi connectivity index (χ1v) is 19.5. The molecule has 0 aromatic carbocycles. The monoisotopic (exact) mass is 444 g/mol. The molecule has 152 valence electrons. The minimum atomic E-state index is -5.55. The van der Waals surface area contributed by atoms with Crippen LogP contribution in [0.5, 0.6) is 0 Å². The number of hydrogen-bond acceptors (Lipinski definition) is 4. The zero-order chi connectivity index (χ0) is 20.5. The Labute approximate surface area is 150 Å². The second kappa shape index (κ2) is 7.77. The SMILES string of the molecule is C[Si](C)(O)O[Si](C)(C)O[Si](C)(C)O[Si](C)(C)CCC(F)(F)C(F)(F)F. The Morgan fingerprint density at radius 3 is 1.48 bits per heavy atom. The lowest BCUT2D eigenvalue weighted by Gasteiger charge is -2.40. The van der Waals surface area contributed by atoms with Crippen LogP contribution in [0.25, 0.3) is 0 Å². The van der Waals surface area contributed by atoms with Gasteiger partial charge in [0.25, 0.3) is 0 Å². The zero-order valence-electron chi connectivity index (χ0n) is 16.0. The van der Waals surface area contributed by atoms with E-state index in [0.29, 0.717) is 0 Å². The number of alkyl halides is 5. The van der Waals surface area contributed by atoms with Crippen LogP contribution >= 0.6 is 0 Å². The van der Waals surface area contributed by atoms with Crippen molar-refractivity contribution < 1.29 is 39.1 Å². The minimum absolute atomic E-state index is 0.345. The smallest absolute Gasteiger partial charge is 0.436 e. The molecule has 0 unspecified atom stereocenters. The first kappa shape index (κ1) is 25.4. The van der Waals surface area contributed by atoms with Gasteiger partial charge < -0.3 is 17.1 Å². The van der Waals surface area contributed by atoms with Gasteiger partial charge in [0.15, 0.2) is 8.32 Å². The van der Waals surface area contributed by atoms with Crippen molar-refractivity contribution in [1.82, 2.24) is 0 Å². The third-order valence-electron chi connectivity index (χ3n) is 2.96. The van der Waals surface area contributed by atoms with E-state index in [1.165, 1.54) is 0 Å². The van der Waals surface area contributed by atoms with E-state index < -0.39 is 52.5 Å². The second-order valence-corrected chi connectivity index (χ2v) is 23.0. The third kappa shape index (κ3) is 10.3. The molecule has 1 N–H and O–H groups in total. The van der Waals surface area contributed by atoms with Crippen LogP contribution in [0.3, 0.4) is 0 Å². The van der Waals surface area contributed by atoms with Gasteiger partial charge in [0.1, 0.15) is 0 Å². The van der Waals surface area contributed by atoms with Crippen LogP contribution in [0.4, 0.5) is 22.0 Å². The summed E-state index contributed by atoms with van der Waals surface area (Å²) in [6.07, 6.45) is -6.85. The Hall–Kier alpha value is 0.358. The van der Waals surface area contributed by atoms with Crippen LogP contribution in [0.2, 0.25) is 58.4 Å². The molecule has 25 heavy (non-hydrogen) atoms. The Kier molecular flexibility index (Phi) is 7.88. The topological polar surface area (TPSA) is 47.9 Å². The summed E-state index contributed by atoms with van der Waals surface area (Å²) in [5.74, 6) is -4.73. The molecule has 0 radical (unpaired) electrons. The second-order valence-electron chi connectivity index (χ2n) is 8.01. The quantitative estimate of drug-likeness (QED) is 0.405. The van der Waals surface area contributed by atoms with Crippen molar-refractivity contribution in [3.63, 3.8) is 0 Å². The van der Waals surface area contributed by atoms with Crippen molar-refractivity contribution in [3.05, 3.63) is 0 Å². The highest BCUT2D eigenvalue weighted by Gasteiger charge is 2.57. The van der Waals surface area contributed by atoms with Crippen molar-refractivity contribution in [2.45, 2.75) is 76.9 Å². The highest BCUT2D eigenvalue weighted by atomic mass is 28.5. The molecule has 0 saturated heterocycles. The number of rotatable bonds is 9. The molecule has 0 bridgehead atoms. The standard InChI is InChI=1S/C12H29F5O4Si4/c1-22(2,10-9-11(13,14)12(15,16)17)19-24(5,6)21-25(7,8)20-23(3,4)18/h18H,9-10H2,1-8H3. The van der Waals surface area contributed by atoms with Crippen molar-refractivity contribution in [2.75, 3.05) is 0 Å². The van der Waals surface area contributed by atoms with Crippen LogP contribution in [0.15, 0.2) is 0 Å². The third-order valence-corrected chi connectivity index (χ3v) is 16.5. The zero-order valence-corrected chi connectivity index (χ0v) is 20.0. The maximum absolute atomic E-state index is 13.1. The lowest BCUT2D eigenvalue weighted by Crippen LogP contribution is -2.56. The van der Waals surface area contributed by atoms with Crippen molar-refractivity contribution >= 4 is 34.0 Å². The van der Waals surface area contributed by atoms with Crippen LogP contribution < -0.4 is 0 Å². The molecule has 0 aromatic heterocycles. The largest absolute Gasteiger partial charge is 0.453 e. The Bertz CT molecular complexity index is 450. The van der Waals surface area contributed by atoms with E-state index in [-0.39, 0.29) is 6.04 Å². The average molecular weight is 445 g/mol. The Balaban J connectivity index is 4.91. The van der Waals surface area contributed by atoms with E-state index >= 15 is 0 Å². The molecule has 0 atom stereocenters. The van der Waals surface area contributed by atoms with Crippen LogP contribution in [0.1, 0.15) is 6.42 Å². The van der Waals surface area contributed by atoms with E-state index in [4.69, 9.17) is 12.3 Å². The number of hydrogen-bond donors (Lipinski definition) is 1. The lowest BCUT2D eigenvalue weighted by molar-refractivity contribution is -0.282. The minimum Gasteiger partial charge on any atom is -0.436 e. The molecule has 4 nitrogen and oxygen atoms in total. The molecule has 0 rings (SSSR count). The molecular weight excluding hydrogens is 415 g/mol. The summed E-state index contributed by atoms with van der Waals surface area (Å²) in [5.41, 5.74) is 0. The molecule has 13 heteroatoms. The fourth-order valence-electron chi connectivity index (χ4n) is 2.55. The van der Waals surface area contributed by atoms with Crippen LogP contribution in [0, 0.1) is 0 Å². The van der Waals surface area contributed by atoms with Gasteiger partial charge in [-0.15, -0.1) is 0 Å². The molecule has 0 fully saturated rings. The molecule has 0 aliphatic heterocycles. The maximum Gasteiger partial charge on any atom is 0.453 e. The summed E-state index contributed by atoms with van der Waals surface area (Å²) in [7, 11) is -11.2. The van der Waals surface area contributed by atoms with Gasteiger partial charge in [-0.1, -0.05) is 0 Å². The molecule has 0 saturated carbocycles. The van der Waals surface area contributed by atoms with E-state index in [2.05, 4.69) is 0 Å². The summed E-state index contributed by atoms with van der Waals surface area (Å²) in [4.78, 5) is 9.90. The van der Waals surface area contributed by atoms with Crippen LogP contribution in [-0.4, -0.2) is 50.9 Å². The van der Waals surface area contributed by atoms with Gasteiger partial charge in [-0.25, -0.2) is 0 Å². The van der Waals surface area contributed by atoms with E-state index in [0.717, 1.165) is 0 Å². The molecule has 0 spiro atoms. The first-order chi connectivity index (χ1) is 10.6. The fraction of sp³-hybridized carbons (Fsp3) is 1.00. The van der Waals surface area contributed by atoms with Crippen molar-refractivity contribution in [2.24, 2.45) is 0 Å². The van der Waals surface area contributed by atoms with Crippen molar-refractivity contribution in [3.8, 4) is 0 Å². The molecular formula is C12H29F5O4Si4. The van der Waals surface area contributed by atoms with E-state index in [1.807, 2.05) is 0 Å². The molecule has 0 aliphatic rings. The average Bonchev–Trinajstić information content (AvgIpc) is 2.17. The summed E-state index contributed by atoms with van der Waals surface area (Å²) in [6.45, 7) is 13.3. The summed E-state index contributed by atoms with van der Waals surface area (Å²) in [5, 5.41) is 0. The predicted octanol–water partition coefficient (Wildman–Crippen LogP) is 4.93. The summed E-state index contributed by atoms with van der Waals surface area (Å²) in [6, 6.07) is -0.345. The summed E-state index contributed by atoms with van der Waals surface area (Å²) < 4.78 is 80.7. The van der Waals surface area contributed by atoms with Gasteiger partial charge in [-0.05, 0) is 58.4 Å². The molecule has 0 amide bonds. The summed E-state index contributed by atoms with van der Waals surface area (Å²) >= 11 is 0. The predicted molar refractivity (Wildman–Crippen MR) is 95.8 cm³/mol.